The molecule has 28 heavy (non-hydrogen) atoms. The topological polar surface area (TPSA) is 68.0 Å². The zero-order chi connectivity index (χ0) is 19.3. The molecule has 0 aliphatic heterocycles. The molecule has 0 aliphatic rings. The molecule has 0 bridgehead atoms. The second-order valence-electron chi connectivity index (χ2n) is 6.45. The van der Waals surface area contributed by atoms with Gasteiger partial charge < -0.3 is 9.73 Å². The summed E-state index contributed by atoms with van der Waals surface area (Å²) in [5, 5.41) is 2.90. The number of nitrogens with zero attached hydrogens (tertiary/aromatic N) is 2. The minimum Gasteiger partial charge on any atom is -0.463 e. The standard InChI is InChI=1S/C23H19N3O2/c1-16-4-6-17(7-5-16)18-8-10-19(11-9-18)23(27)26-15-20-22(25-13-12-24-20)21-3-2-14-28-21/h2-14H,15H2,1H3,(H,26,27). The third-order valence-electron chi connectivity index (χ3n) is 4.48. The summed E-state index contributed by atoms with van der Waals surface area (Å²) in [5.41, 5.74) is 5.30. The highest BCUT2D eigenvalue weighted by atomic mass is 16.3. The van der Waals surface area contributed by atoms with Crippen LogP contribution in [0.1, 0.15) is 21.6 Å². The van der Waals surface area contributed by atoms with Gasteiger partial charge in [-0.1, -0.05) is 42.0 Å². The number of carbonyl (C=O) groups is 1. The number of aryl methyl sites for hydroxylation is 1. The van der Waals surface area contributed by atoms with E-state index in [0.717, 1.165) is 11.1 Å². The molecule has 0 fully saturated rings. The molecule has 0 saturated carbocycles. The fourth-order valence-electron chi connectivity index (χ4n) is 2.94. The Kier molecular flexibility index (Phi) is 4.97. The Balaban J connectivity index is 1.46. The van der Waals surface area contributed by atoms with Gasteiger partial charge in [0.25, 0.3) is 5.91 Å². The van der Waals surface area contributed by atoms with Gasteiger partial charge in [0.1, 0.15) is 5.69 Å². The average molecular weight is 369 g/mol. The zero-order valence-electron chi connectivity index (χ0n) is 15.4. The molecule has 138 valence electrons. The molecule has 1 N–H and O–H groups in total. The van der Waals surface area contributed by atoms with Crippen LogP contribution >= 0.6 is 0 Å². The third kappa shape index (κ3) is 3.83. The summed E-state index contributed by atoms with van der Waals surface area (Å²) in [6.45, 7) is 2.33. The van der Waals surface area contributed by atoms with Crippen LogP contribution in [0.5, 0.6) is 0 Å². The lowest BCUT2D eigenvalue weighted by Crippen LogP contribution is -2.23. The highest BCUT2D eigenvalue weighted by molar-refractivity contribution is 5.94. The summed E-state index contributed by atoms with van der Waals surface area (Å²) < 4.78 is 5.40. The minimum absolute atomic E-state index is 0.161. The zero-order valence-corrected chi connectivity index (χ0v) is 15.4. The van der Waals surface area contributed by atoms with Crippen molar-refractivity contribution in [3.63, 3.8) is 0 Å². The average Bonchev–Trinajstić information content (AvgIpc) is 3.28. The number of furan rings is 1. The quantitative estimate of drug-likeness (QED) is 0.556. The number of aromatic nitrogens is 2. The fraction of sp³-hybridized carbons (Fsp3) is 0.0870. The first kappa shape index (κ1) is 17.7. The van der Waals surface area contributed by atoms with E-state index in [-0.39, 0.29) is 12.5 Å². The van der Waals surface area contributed by atoms with Crippen LogP contribution in [-0.2, 0) is 6.54 Å². The van der Waals surface area contributed by atoms with Gasteiger partial charge in [-0.3, -0.25) is 9.78 Å². The first-order valence-corrected chi connectivity index (χ1v) is 9.00. The molecule has 4 aromatic rings. The molecule has 2 aromatic carbocycles. The van der Waals surface area contributed by atoms with Gasteiger partial charge in [0.15, 0.2) is 5.76 Å². The van der Waals surface area contributed by atoms with Gasteiger partial charge in [-0.25, -0.2) is 4.98 Å². The molecule has 2 heterocycles. The Morgan fingerprint density at radius 1 is 0.929 bits per heavy atom. The van der Waals surface area contributed by atoms with Crippen molar-refractivity contribution < 1.29 is 9.21 Å². The minimum atomic E-state index is -0.161. The Hall–Kier alpha value is -3.73. The van der Waals surface area contributed by atoms with Gasteiger partial charge >= 0.3 is 0 Å². The van der Waals surface area contributed by atoms with Crippen molar-refractivity contribution in [2.24, 2.45) is 0 Å². The molecule has 1 amide bonds. The first-order chi connectivity index (χ1) is 13.7. The predicted molar refractivity (Wildman–Crippen MR) is 108 cm³/mol. The second kappa shape index (κ2) is 7.88. The monoisotopic (exact) mass is 369 g/mol. The number of nitrogens with one attached hydrogen (secondary N) is 1. The number of carbonyl (C=O) groups excluding carboxylic acids is 1. The first-order valence-electron chi connectivity index (χ1n) is 9.00. The maximum Gasteiger partial charge on any atom is 0.251 e. The summed E-state index contributed by atoms with van der Waals surface area (Å²) in [6.07, 6.45) is 4.79. The maximum absolute atomic E-state index is 12.5. The number of amides is 1. The Morgan fingerprint density at radius 3 is 2.29 bits per heavy atom. The Bertz CT molecular complexity index is 1070. The molecule has 0 unspecified atom stereocenters. The van der Waals surface area contributed by atoms with Crippen LogP contribution in [0.3, 0.4) is 0 Å². The Morgan fingerprint density at radius 2 is 1.61 bits per heavy atom. The molecular weight excluding hydrogens is 350 g/mol. The van der Waals surface area contributed by atoms with Crippen molar-refractivity contribution in [2.75, 3.05) is 0 Å². The number of benzene rings is 2. The van der Waals surface area contributed by atoms with Gasteiger partial charge in [0.05, 0.1) is 18.5 Å². The lowest BCUT2D eigenvalue weighted by molar-refractivity contribution is 0.0950. The SMILES string of the molecule is Cc1ccc(-c2ccc(C(=O)NCc3nccnc3-c3ccco3)cc2)cc1. The van der Waals surface area contributed by atoms with Crippen molar-refractivity contribution >= 4 is 5.91 Å². The molecule has 2 aromatic heterocycles. The number of hydrogen-bond acceptors (Lipinski definition) is 4. The molecule has 0 radical (unpaired) electrons. The number of rotatable bonds is 5. The van der Waals surface area contributed by atoms with Crippen LogP contribution in [0.4, 0.5) is 0 Å². The molecule has 5 heteroatoms. The van der Waals surface area contributed by atoms with Crippen LogP contribution in [0.15, 0.2) is 83.7 Å². The lowest BCUT2D eigenvalue weighted by atomic mass is 10.0. The van der Waals surface area contributed by atoms with E-state index >= 15 is 0 Å². The predicted octanol–water partition coefficient (Wildman–Crippen LogP) is 4.64. The number of hydrogen-bond donors (Lipinski definition) is 1. The van der Waals surface area contributed by atoms with Gasteiger partial charge in [-0.05, 0) is 42.3 Å². The summed E-state index contributed by atoms with van der Waals surface area (Å²) >= 11 is 0. The molecular formula is C23H19N3O2. The van der Waals surface area contributed by atoms with Crippen molar-refractivity contribution in [3.8, 4) is 22.6 Å². The molecule has 5 nitrogen and oxygen atoms in total. The third-order valence-corrected chi connectivity index (χ3v) is 4.48. The van der Waals surface area contributed by atoms with Crippen LogP contribution in [-0.4, -0.2) is 15.9 Å². The van der Waals surface area contributed by atoms with Crippen LogP contribution < -0.4 is 5.32 Å². The largest absolute Gasteiger partial charge is 0.463 e. The highest BCUT2D eigenvalue weighted by Crippen LogP contribution is 2.21. The van der Waals surface area contributed by atoms with E-state index in [4.69, 9.17) is 4.42 Å². The van der Waals surface area contributed by atoms with E-state index in [9.17, 15) is 4.79 Å². The normalized spacial score (nSPS) is 10.6. The van der Waals surface area contributed by atoms with Crippen LogP contribution in [0.2, 0.25) is 0 Å². The van der Waals surface area contributed by atoms with E-state index in [1.54, 1.807) is 24.7 Å². The fourth-order valence-corrected chi connectivity index (χ4v) is 2.94. The Labute approximate surface area is 163 Å². The summed E-state index contributed by atoms with van der Waals surface area (Å²) in [6, 6.07) is 19.5. The summed E-state index contributed by atoms with van der Waals surface area (Å²) in [7, 11) is 0. The van der Waals surface area contributed by atoms with Gasteiger partial charge in [-0.2, -0.15) is 0 Å². The highest BCUT2D eigenvalue weighted by Gasteiger charge is 2.12. The van der Waals surface area contributed by atoms with E-state index in [0.29, 0.717) is 22.7 Å². The van der Waals surface area contributed by atoms with Crippen LogP contribution in [0, 0.1) is 6.92 Å². The second-order valence-corrected chi connectivity index (χ2v) is 6.45. The van der Waals surface area contributed by atoms with Gasteiger partial charge in [-0.15, -0.1) is 0 Å². The van der Waals surface area contributed by atoms with E-state index in [1.165, 1.54) is 5.56 Å². The van der Waals surface area contributed by atoms with Crippen molar-refractivity contribution in [3.05, 3.63) is 96.1 Å². The van der Waals surface area contributed by atoms with Crippen molar-refractivity contribution in [1.29, 1.82) is 0 Å². The summed E-state index contributed by atoms with van der Waals surface area (Å²) in [5.74, 6) is 0.464. The molecule has 4 rings (SSSR count). The molecule has 0 saturated heterocycles. The van der Waals surface area contributed by atoms with Crippen molar-refractivity contribution in [2.45, 2.75) is 13.5 Å². The molecule has 0 atom stereocenters. The smallest absolute Gasteiger partial charge is 0.251 e. The van der Waals surface area contributed by atoms with E-state index in [2.05, 4.69) is 46.5 Å². The summed E-state index contributed by atoms with van der Waals surface area (Å²) in [4.78, 5) is 21.2. The maximum atomic E-state index is 12.5. The van der Waals surface area contributed by atoms with E-state index in [1.807, 2.05) is 30.3 Å². The van der Waals surface area contributed by atoms with Gasteiger partial charge in [0.2, 0.25) is 0 Å². The van der Waals surface area contributed by atoms with Crippen LogP contribution in [0.25, 0.3) is 22.6 Å². The lowest BCUT2D eigenvalue weighted by Gasteiger charge is -2.08. The van der Waals surface area contributed by atoms with Crippen molar-refractivity contribution in [1.82, 2.24) is 15.3 Å². The van der Waals surface area contributed by atoms with Gasteiger partial charge in [0, 0.05) is 18.0 Å². The molecule has 0 aliphatic carbocycles. The van der Waals surface area contributed by atoms with E-state index < -0.39 is 0 Å². The molecule has 0 spiro atoms.